The fraction of sp³-hybridized carbons (Fsp3) is 0.208. The average molecular weight is 482 g/mol. The normalized spacial score (nSPS) is 13.8. The third-order valence-corrected chi connectivity index (χ3v) is 5.84. The van der Waals surface area contributed by atoms with E-state index >= 15 is 0 Å². The Morgan fingerprint density at radius 2 is 1.85 bits per heavy atom. The van der Waals surface area contributed by atoms with Gasteiger partial charge in [-0.25, -0.2) is 4.98 Å². The molecule has 174 valence electrons. The maximum atomic E-state index is 11.4. The number of methoxy groups -OCH3 is 1. The lowest BCUT2D eigenvalue weighted by Gasteiger charge is -2.28. The van der Waals surface area contributed by atoms with Crippen LogP contribution in [0.5, 0.6) is 17.5 Å². The Bertz CT molecular complexity index is 1350. The van der Waals surface area contributed by atoms with Crippen LogP contribution in [0.3, 0.4) is 0 Å². The van der Waals surface area contributed by atoms with Crippen molar-refractivity contribution in [3.05, 3.63) is 59.1 Å². The summed E-state index contributed by atoms with van der Waals surface area (Å²) in [7, 11) is 1.49. The van der Waals surface area contributed by atoms with Crippen LogP contribution >= 0.6 is 11.6 Å². The molecule has 0 spiro atoms. The number of aromatic amines is 1. The Morgan fingerprint density at radius 3 is 2.56 bits per heavy atom. The van der Waals surface area contributed by atoms with E-state index in [1.165, 1.54) is 19.2 Å². The molecule has 2 aromatic heterocycles. The standard InChI is InChI=1S/C24H21ClN4O5/c1-32-19-7-4-15(23(30)31)12-20(19)34-24-26-18-13-17(25)21(27-22(18)28-24)14-2-5-16(6-3-14)29-8-10-33-11-9-29/h2-7,12-13H,8-11H2,1H3,(H,30,31)(H,26,27,28)/p+1. The molecular weight excluding hydrogens is 460 g/mol. The van der Waals surface area contributed by atoms with Gasteiger partial charge >= 0.3 is 12.0 Å². The molecule has 10 heteroatoms. The van der Waals surface area contributed by atoms with Crippen LogP contribution in [0.15, 0.2) is 48.5 Å². The summed E-state index contributed by atoms with van der Waals surface area (Å²) in [6, 6.07) is 14.5. The summed E-state index contributed by atoms with van der Waals surface area (Å²) >= 11 is 6.54. The summed E-state index contributed by atoms with van der Waals surface area (Å²) in [4.78, 5) is 25.8. The molecular formula is C24H22ClN4O5+. The number of hydrogen-bond donors (Lipinski definition) is 1. The van der Waals surface area contributed by atoms with E-state index in [0.29, 0.717) is 27.6 Å². The van der Waals surface area contributed by atoms with Crippen LogP contribution in [0.25, 0.3) is 22.4 Å². The minimum atomic E-state index is -0.824. The van der Waals surface area contributed by atoms with E-state index in [2.05, 4.69) is 32.0 Å². The lowest BCUT2D eigenvalue weighted by molar-refractivity contribution is 0.0696. The van der Waals surface area contributed by atoms with Crippen LogP contribution in [0.1, 0.15) is 10.4 Å². The van der Waals surface area contributed by atoms with Crippen molar-refractivity contribution in [3.63, 3.8) is 0 Å². The van der Waals surface area contributed by atoms with Crippen LogP contribution in [0.2, 0.25) is 5.02 Å². The molecule has 0 bridgehead atoms. The molecule has 1 aliphatic rings. The van der Waals surface area contributed by atoms with Crippen molar-refractivity contribution in [1.29, 1.82) is 0 Å². The summed E-state index contributed by atoms with van der Waals surface area (Å²) in [5, 5.41) is 7.79. The molecule has 0 radical (unpaired) electrons. The zero-order valence-corrected chi connectivity index (χ0v) is 19.1. The van der Waals surface area contributed by atoms with E-state index in [0.717, 1.165) is 37.6 Å². The number of morpholine rings is 1. The minimum absolute atomic E-state index is 0.159. The van der Waals surface area contributed by atoms with Crippen molar-refractivity contribution in [1.82, 2.24) is 15.0 Å². The molecule has 0 aliphatic carbocycles. The number of hydrogen-bond acceptors (Lipinski definition) is 7. The van der Waals surface area contributed by atoms with Crippen molar-refractivity contribution in [2.24, 2.45) is 0 Å². The molecule has 34 heavy (non-hydrogen) atoms. The van der Waals surface area contributed by atoms with Crippen molar-refractivity contribution in [2.45, 2.75) is 0 Å². The van der Waals surface area contributed by atoms with Gasteiger partial charge in [-0.15, -0.1) is 0 Å². The molecule has 2 aromatic carbocycles. The van der Waals surface area contributed by atoms with Gasteiger partial charge in [0, 0.05) is 35.2 Å². The lowest BCUT2D eigenvalue weighted by atomic mass is 10.1. The Balaban J connectivity index is 1.43. The number of anilines is 1. The monoisotopic (exact) mass is 481 g/mol. The first kappa shape index (κ1) is 22.0. The molecule has 5 rings (SSSR count). The zero-order valence-electron chi connectivity index (χ0n) is 18.3. The van der Waals surface area contributed by atoms with Crippen LogP contribution in [0.4, 0.5) is 5.69 Å². The molecule has 3 N–H and O–H groups in total. The highest BCUT2D eigenvalue weighted by atomic mass is 35.5. The third kappa shape index (κ3) is 4.35. The Kier molecular flexibility index (Phi) is 5.95. The number of benzene rings is 2. The van der Waals surface area contributed by atoms with Gasteiger partial charge in [-0.05, 0) is 30.3 Å². The second kappa shape index (κ2) is 9.20. The first-order valence-electron chi connectivity index (χ1n) is 10.6. The van der Waals surface area contributed by atoms with E-state index < -0.39 is 5.97 Å². The second-order valence-electron chi connectivity index (χ2n) is 7.68. The summed E-state index contributed by atoms with van der Waals surface area (Å²) in [6.45, 7) is 3.18. The largest absolute Gasteiger partial charge is 0.561 e. The smallest absolute Gasteiger partial charge is 0.549 e. The van der Waals surface area contributed by atoms with Crippen LogP contribution in [-0.4, -0.2) is 59.4 Å². The topological polar surface area (TPSA) is 112 Å². The summed E-state index contributed by atoms with van der Waals surface area (Å²) in [6.07, 6.45) is 0. The summed E-state index contributed by atoms with van der Waals surface area (Å²) < 4.78 is 16.5. The minimum Gasteiger partial charge on any atom is -0.561 e. The van der Waals surface area contributed by atoms with Gasteiger partial charge in [0.1, 0.15) is 5.56 Å². The highest BCUT2D eigenvalue weighted by Gasteiger charge is 2.18. The number of aromatic nitrogens is 3. The van der Waals surface area contributed by atoms with Crippen molar-refractivity contribution < 1.29 is 24.1 Å². The molecule has 1 fully saturated rings. The fourth-order valence-electron chi connectivity index (χ4n) is 3.80. The van der Waals surface area contributed by atoms with E-state index in [-0.39, 0.29) is 17.3 Å². The molecule has 0 unspecified atom stereocenters. The number of nitrogens with zero attached hydrogens (tertiary/aromatic N) is 3. The zero-order chi connectivity index (χ0) is 23.7. The van der Waals surface area contributed by atoms with Gasteiger partial charge in [0.05, 0.1) is 36.6 Å². The highest BCUT2D eigenvalue weighted by Crippen LogP contribution is 2.34. The number of H-pyrrole nitrogens is 1. The SMILES string of the molecule is COc1ccc(C(=O)[OH2+])cc1Oc1nc2nc(-c3ccc(N4CCOCC4)cc3)c(Cl)cc2[nH]1. The van der Waals surface area contributed by atoms with E-state index in [4.69, 9.17) is 30.9 Å². The number of fused-ring (bicyclic) bond motifs is 1. The summed E-state index contributed by atoms with van der Waals surface area (Å²) in [5.74, 6) is -0.169. The maximum Gasteiger partial charge on any atom is 0.549 e. The van der Waals surface area contributed by atoms with E-state index in [1.54, 1.807) is 12.1 Å². The quantitative estimate of drug-likeness (QED) is 0.417. The van der Waals surface area contributed by atoms with Crippen molar-refractivity contribution in [3.8, 4) is 28.8 Å². The van der Waals surface area contributed by atoms with Gasteiger partial charge in [-0.1, -0.05) is 23.7 Å². The number of carbonyl (C=O) groups excluding carboxylic acids is 1. The van der Waals surface area contributed by atoms with Crippen molar-refractivity contribution in [2.75, 3.05) is 38.3 Å². The number of pyridine rings is 1. The molecule has 0 saturated carbocycles. The average Bonchev–Trinajstić information content (AvgIpc) is 3.25. The molecule has 1 saturated heterocycles. The lowest BCUT2D eigenvalue weighted by Crippen LogP contribution is -2.36. The number of ether oxygens (including phenoxy) is 3. The van der Waals surface area contributed by atoms with Crippen LogP contribution in [-0.2, 0) is 4.74 Å². The van der Waals surface area contributed by atoms with Gasteiger partial charge in [-0.2, -0.15) is 4.98 Å². The Morgan fingerprint density at radius 1 is 1.09 bits per heavy atom. The predicted molar refractivity (Wildman–Crippen MR) is 128 cm³/mol. The number of imidazole rings is 1. The van der Waals surface area contributed by atoms with Gasteiger partial charge in [0.25, 0.3) is 0 Å². The van der Waals surface area contributed by atoms with Crippen molar-refractivity contribution >= 4 is 34.4 Å². The third-order valence-electron chi connectivity index (χ3n) is 5.55. The van der Waals surface area contributed by atoms with Gasteiger partial charge in [-0.3, -0.25) is 0 Å². The number of rotatable bonds is 6. The van der Waals surface area contributed by atoms with Gasteiger partial charge in [0.15, 0.2) is 17.1 Å². The molecule has 9 nitrogen and oxygen atoms in total. The van der Waals surface area contributed by atoms with E-state index in [9.17, 15) is 4.79 Å². The molecule has 0 atom stereocenters. The molecule has 1 aliphatic heterocycles. The van der Waals surface area contributed by atoms with Gasteiger partial charge < -0.3 is 29.2 Å². The van der Waals surface area contributed by atoms with Crippen LogP contribution < -0.4 is 14.4 Å². The number of nitrogens with one attached hydrogen (secondary N) is 1. The van der Waals surface area contributed by atoms with Gasteiger partial charge in [0.2, 0.25) is 0 Å². The summed E-state index contributed by atoms with van der Waals surface area (Å²) in [5.41, 5.74) is 3.81. The predicted octanol–water partition coefficient (Wildman–Crippen LogP) is 3.78. The molecule has 3 heterocycles. The van der Waals surface area contributed by atoms with Crippen LogP contribution in [0, 0.1) is 0 Å². The maximum absolute atomic E-state index is 11.4. The molecule has 0 amide bonds. The first-order valence-corrected chi connectivity index (χ1v) is 11.0. The molecule has 4 aromatic rings. The first-order chi connectivity index (χ1) is 16.5. The highest BCUT2D eigenvalue weighted by molar-refractivity contribution is 6.33. The van der Waals surface area contributed by atoms with E-state index in [1.807, 2.05) is 12.1 Å². The Labute approximate surface area is 199 Å². The number of carbonyl (C=O) groups is 1. The second-order valence-corrected chi connectivity index (χ2v) is 8.08. The Hall–Kier alpha value is -3.82. The number of halogens is 1. The fourth-order valence-corrected chi connectivity index (χ4v) is 4.06.